The number of anilines is 1. The zero-order valence-electron chi connectivity index (χ0n) is 22.2. The third-order valence-electron chi connectivity index (χ3n) is 7.99. The van der Waals surface area contributed by atoms with Crippen LogP contribution in [0.25, 0.3) is 32.9 Å². The van der Waals surface area contributed by atoms with Crippen molar-refractivity contribution in [1.29, 1.82) is 0 Å². The molecule has 0 radical (unpaired) electrons. The highest BCUT2D eigenvalue weighted by molar-refractivity contribution is 6.20. The summed E-state index contributed by atoms with van der Waals surface area (Å²) in [5.41, 5.74) is 12.9. The summed E-state index contributed by atoms with van der Waals surface area (Å²) in [5.74, 6) is -1.17. The number of H-pyrrole nitrogens is 1. The fourth-order valence-corrected chi connectivity index (χ4v) is 5.61. The molecule has 0 saturated heterocycles. The van der Waals surface area contributed by atoms with E-state index in [1.54, 1.807) is 24.1 Å². The predicted octanol–water partition coefficient (Wildman–Crippen LogP) is 6.58. The second-order valence-corrected chi connectivity index (χ2v) is 10.5. The van der Waals surface area contributed by atoms with Crippen LogP contribution in [0.5, 0.6) is 0 Å². The smallest absolute Gasteiger partial charge is 0.259 e. The largest absolute Gasteiger partial charge is 0.374 e. The lowest BCUT2D eigenvalue weighted by Gasteiger charge is -2.23. The van der Waals surface area contributed by atoms with E-state index >= 15 is 0 Å². The number of nitrogens with one attached hydrogen (secondary N) is 1. The van der Waals surface area contributed by atoms with E-state index in [2.05, 4.69) is 4.98 Å². The molecule has 0 spiro atoms. The Morgan fingerprint density at radius 3 is 2.56 bits per heavy atom. The molecule has 7 heteroatoms. The summed E-state index contributed by atoms with van der Waals surface area (Å²) in [5, 5.41) is 1.82. The highest BCUT2D eigenvalue weighted by atomic mass is 19.1. The summed E-state index contributed by atoms with van der Waals surface area (Å²) in [4.78, 5) is 30.8. The Hall–Kier alpha value is -4.49. The predicted molar refractivity (Wildman–Crippen MR) is 151 cm³/mol. The van der Waals surface area contributed by atoms with Gasteiger partial charge in [0, 0.05) is 34.6 Å². The standard InChI is InChI=1S/C32H28FN3O3/c1-17-21(6-5-7-27(17)36-16-18-8-10-20(33)15-25(18)31(36)38)22-12-13-24(30(34)37)29-28(22)23-11-9-19(14-26(23)35-29)32(2,3)39-4/h5-15,35H,16H2,1-4H3,(H2,34,37). The first-order valence-electron chi connectivity index (χ1n) is 12.7. The van der Waals surface area contributed by atoms with E-state index < -0.39 is 17.3 Å². The van der Waals surface area contributed by atoms with Crippen molar-refractivity contribution in [2.75, 3.05) is 12.0 Å². The number of benzene rings is 4. The minimum absolute atomic E-state index is 0.223. The number of carbonyl (C=O) groups is 2. The van der Waals surface area contributed by atoms with Crippen molar-refractivity contribution in [3.05, 3.63) is 100 Å². The fraction of sp³-hybridized carbons (Fsp3) is 0.188. The molecule has 1 aliphatic heterocycles. The number of halogens is 1. The number of rotatable bonds is 5. The zero-order valence-corrected chi connectivity index (χ0v) is 22.2. The SMILES string of the molecule is COC(C)(C)c1ccc2c(c1)[nH]c1c(C(N)=O)ccc(-c3cccc(N4Cc5ccc(F)cc5C4=O)c3C)c12. The summed E-state index contributed by atoms with van der Waals surface area (Å²) >= 11 is 0. The Bertz CT molecular complexity index is 1840. The Kier molecular flexibility index (Phi) is 5.59. The van der Waals surface area contributed by atoms with Gasteiger partial charge in [0.15, 0.2) is 0 Å². The number of primary amides is 1. The van der Waals surface area contributed by atoms with Gasteiger partial charge in [0.2, 0.25) is 0 Å². The zero-order chi connectivity index (χ0) is 27.6. The van der Waals surface area contributed by atoms with Gasteiger partial charge in [0.25, 0.3) is 11.8 Å². The van der Waals surface area contributed by atoms with Gasteiger partial charge in [0.05, 0.1) is 23.2 Å². The molecular weight excluding hydrogens is 493 g/mol. The molecule has 0 aliphatic carbocycles. The van der Waals surface area contributed by atoms with E-state index in [9.17, 15) is 14.0 Å². The third kappa shape index (κ3) is 3.81. The van der Waals surface area contributed by atoms with E-state index in [0.29, 0.717) is 23.2 Å². The van der Waals surface area contributed by atoms with Crippen molar-refractivity contribution in [1.82, 2.24) is 4.98 Å². The van der Waals surface area contributed by atoms with Crippen LogP contribution in [0.3, 0.4) is 0 Å². The van der Waals surface area contributed by atoms with Crippen LogP contribution in [0, 0.1) is 12.7 Å². The first-order chi connectivity index (χ1) is 18.6. The van der Waals surface area contributed by atoms with Crippen LogP contribution in [0.4, 0.5) is 10.1 Å². The normalized spacial score (nSPS) is 13.5. The van der Waals surface area contributed by atoms with Crippen molar-refractivity contribution < 1.29 is 18.7 Å². The number of hydrogen-bond acceptors (Lipinski definition) is 3. The maximum Gasteiger partial charge on any atom is 0.259 e. The van der Waals surface area contributed by atoms with Gasteiger partial charge in [-0.25, -0.2) is 4.39 Å². The molecule has 0 atom stereocenters. The number of nitrogens with two attached hydrogens (primary N) is 1. The number of aromatic amines is 1. The molecule has 0 bridgehead atoms. The molecule has 1 aromatic heterocycles. The number of methoxy groups -OCH3 is 1. The van der Waals surface area contributed by atoms with Crippen molar-refractivity contribution in [2.24, 2.45) is 5.73 Å². The van der Waals surface area contributed by atoms with Crippen LogP contribution < -0.4 is 10.6 Å². The summed E-state index contributed by atoms with van der Waals surface area (Å²) in [7, 11) is 1.68. The van der Waals surface area contributed by atoms with Gasteiger partial charge in [-0.3, -0.25) is 9.59 Å². The van der Waals surface area contributed by atoms with E-state index in [1.807, 2.05) is 63.2 Å². The van der Waals surface area contributed by atoms with Gasteiger partial charge >= 0.3 is 0 Å². The monoisotopic (exact) mass is 521 g/mol. The molecule has 4 aromatic carbocycles. The molecule has 3 N–H and O–H groups in total. The van der Waals surface area contributed by atoms with Gasteiger partial charge in [0.1, 0.15) is 5.82 Å². The minimum Gasteiger partial charge on any atom is -0.374 e. The lowest BCUT2D eigenvalue weighted by atomic mass is 9.92. The summed E-state index contributed by atoms with van der Waals surface area (Å²) in [6.45, 7) is 6.35. The van der Waals surface area contributed by atoms with Crippen molar-refractivity contribution in [2.45, 2.75) is 32.9 Å². The van der Waals surface area contributed by atoms with Crippen LogP contribution in [0.2, 0.25) is 0 Å². The molecular formula is C32H28FN3O3. The average Bonchev–Trinajstić information content (AvgIpc) is 3.45. The molecule has 5 aromatic rings. The number of carbonyl (C=O) groups excluding carboxylic acids is 2. The fourth-order valence-electron chi connectivity index (χ4n) is 5.61. The topological polar surface area (TPSA) is 88.4 Å². The van der Waals surface area contributed by atoms with Gasteiger partial charge in [-0.15, -0.1) is 0 Å². The molecule has 6 rings (SSSR count). The number of ether oxygens (including phenoxy) is 1. The van der Waals surface area contributed by atoms with Crippen LogP contribution in [-0.2, 0) is 16.9 Å². The van der Waals surface area contributed by atoms with E-state index in [0.717, 1.165) is 49.8 Å². The molecule has 196 valence electrons. The van der Waals surface area contributed by atoms with Gasteiger partial charge in [-0.2, -0.15) is 0 Å². The van der Waals surface area contributed by atoms with Gasteiger partial charge in [-0.1, -0.05) is 36.4 Å². The summed E-state index contributed by atoms with van der Waals surface area (Å²) in [6.07, 6.45) is 0. The Labute approximate surface area is 225 Å². The van der Waals surface area contributed by atoms with Crippen molar-refractivity contribution in [3.63, 3.8) is 0 Å². The van der Waals surface area contributed by atoms with Crippen molar-refractivity contribution >= 4 is 39.3 Å². The second-order valence-electron chi connectivity index (χ2n) is 10.5. The first-order valence-corrected chi connectivity index (χ1v) is 12.7. The number of aromatic nitrogens is 1. The molecule has 1 aliphatic rings. The van der Waals surface area contributed by atoms with E-state index in [1.165, 1.54) is 12.1 Å². The quantitative estimate of drug-likeness (QED) is 0.274. The first kappa shape index (κ1) is 24.8. The minimum atomic E-state index is -0.520. The van der Waals surface area contributed by atoms with Crippen LogP contribution in [0.15, 0.2) is 66.7 Å². The number of hydrogen-bond donors (Lipinski definition) is 2. The lowest BCUT2D eigenvalue weighted by molar-refractivity contribution is 0.0193. The molecule has 0 saturated carbocycles. The maximum absolute atomic E-state index is 13.9. The van der Waals surface area contributed by atoms with Gasteiger partial charge in [-0.05, 0) is 78.9 Å². The Morgan fingerprint density at radius 2 is 1.82 bits per heavy atom. The van der Waals surface area contributed by atoms with Crippen LogP contribution >= 0.6 is 0 Å². The highest BCUT2D eigenvalue weighted by Crippen LogP contribution is 2.41. The van der Waals surface area contributed by atoms with Crippen molar-refractivity contribution in [3.8, 4) is 11.1 Å². The number of amides is 2. The Balaban J connectivity index is 1.55. The molecule has 2 heterocycles. The highest BCUT2D eigenvalue weighted by Gasteiger charge is 2.30. The van der Waals surface area contributed by atoms with Gasteiger partial charge < -0.3 is 20.4 Å². The molecule has 0 unspecified atom stereocenters. The molecule has 0 fully saturated rings. The average molecular weight is 522 g/mol. The number of fused-ring (bicyclic) bond motifs is 4. The van der Waals surface area contributed by atoms with E-state index in [-0.39, 0.29) is 5.91 Å². The second kappa shape index (κ2) is 8.78. The summed E-state index contributed by atoms with van der Waals surface area (Å²) in [6, 6.07) is 19.9. The molecule has 6 nitrogen and oxygen atoms in total. The molecule has 2 amide bonds. The summed E-state index contributed by atoms with van der Waals surface area (Å²) < 4.78 is 19.5. The maximum atomic E-state index is 13.9. The Morgan fingerprint density at radius 1 is 1.03 bits per heavy atom. The molecule has 39 heavy (non-hydrogen) atoms. The third-order valence-corrected chi connectivity index (χ3v) is 7.99. The lowest BCUT2D eigenvalue weighted by Crippen LogP contribution is -2.24. The van der Waals surface area contributed by atoms with E-state index in [4.69, 9.17) is 10.5 Å². The van der Waals surface area contributed by atoms with Crippen LogP contribution in [0.1, 0.15) is 51.3 Å². The van der Waals surface area contributed by atoms with Crippen LogP contribution in [-0.4, -0.2) is 23.9 Å². The number of nitrogens with zero attached hydrogens (tertiary/aromatic N) is 1.